The summed E-state index contributed by atoms with van der Waals surface area (Å²) >= 11 is 0. The molecule has 0 unspecified atom stereocenters. The van der Waals surface area contributed by atoms with Crippen molar-refractivity contribution < 1.29 is 26.4 Å². The van der Waals surface area contributed by atoms with E-state index in [1.165, 1.54) is 24.3 Å². The summed E-state index contributed by atoms with van der Waals surface area (Å²) in [5, 5.41) is 0. The molecule has 29 heavy (non-hydrogen) atoms. The number of hydrogen-bond donors (Lipinski definition) is 1. The molecule has 1 amide bonds. The summed E-state index contributed by atoms with van der Waals surface area (Å²) in [6, 6.07) is 11.8. The Balaban J connectivity index is 1.63. The Bertz CT molecular complexity index is 1070. The van der Waals surface area contributed by atoms with E-state index < -0.39 is 19.9 Å². The first kappa shape index (κ1) is 21.4. The SMILES string of the molecule is CS(=O)(=O)c1ccc(S(=O)(=O)NCc2ccc(C(=O)N3CCOCC3)cc2)cc1. The van der Waals surface area contributed by atoms with Gasteiger partial charge in [-0.3, -0.25) is 4.79 Å². The largest absolute Gasteiger partial charge is 0.378 e. The number of amides is 1. The van der Waals surface area contributed by atoms with Gasteiger partial charge in [0.2, 0.25) is 10.0 Å². The summed E-state index contributed by atoms with van der Waals surface area (Å²) in [6.07, 6.45) is 1.06. The lowest BCUT2D eigenvalue weighted by atomic mass is 10.1. The minimum absolute atomic E-state index is 0.0241. The molecule has 0 bridgehead atoms. The van der Waals surface area contributed by atoms with Gasteiger partial charge in [-0.05, 0) is 42.0 Å². The van der Waals surface area contributed by atoms with E-state index in [2.05, 4.69) is 4.72 Å². The molecule has 0 aromatic heterocycles. The van der Waals surface area contributed by atoms with E-state index in [0.717, 1.165) is 6.26 Å². The van der Waals surface area contributed by atoms with Crippen molar-refractivity contribution in [2.24, 2.45) is 0 Å². The van der Waals surface area contributed by atoms with Gasteiger partial charge >= 0.3 is 0 Å². The van der Waals surface area contributed by atoms with Crippen molar-refractivity contribution >= 4 is 25.8 Å². The number of rotatable bonds is 6. The summed E-state index contributed by atoms with van der Waals surface area (Å²) in [6.45, 7) is 2.20. The van der Waals surface area contributed by atoms with Crippen LogP contribution < -0.4 is 4.72 Å². The molecule has 1 N–H and O–H groups in total. The van der Waals surface area contributed by atoms with Gasteiger partial charge in [-0.1, -0.05) is 12.1 Å². The molecular formula is C19H22N2O6S2. The van der Waals surface area contributed by atoms with Crippen LogP contribution in [0, 0.1) is 0 Å². The number of benzene rings is 2. The average Bonchev–Trinajstić information content (AvgIpc) is 2.72. The van der Waals surface area contributed by atoms with Gasteiger partial charge in [-0.2, -0.15) is 0 Å². The number of ether oxygens (including phenoxy) is 1. The molecule has 10 heteroatoms. The van der Waals surface area contributed by atoms with Crippen LogP contribution in [-0.4, -0.2) is 60.2 Å². The number of hydrogen-bond acceptors (Lipinski definition) is 6. The number of nitrogens with one attached hydrogen (secondary N) is 1. The lowest BCUT2D eigenvalue weighted by Crippen LogP contribution is -2.40. The Kier molecular flexibility index (Phi) is 6.37. The molecule has 1 aliphatic heterocycles. The minimum Gasteiger partial charge on any atom is -0.378 e. The molecule has 2 aromatic carbocycles. The summed E-state index contributed by atoms with van der Waals surface area (Å²) in [7, 11) is -7.19. The molecule has 1 aliphatic rings. The zero-order valence-corrected chi connectivity index (χ0v) is 17.5. The second-order valence-electron chi connectivity index (χ2n) is 6.67. The third kappa shape index (κ3) is 5.41. The van der Waals surface area contributed by atoms with Gasteiger partial charge in [0, 0.05) is 31.5 Å². The fourth-order valence-electron chi connectivity index (χ4n) is 2.84. The van der Waals surface area contributed by atoms with E-state index in [0.29, 0.717) is 37.4 Å². The molecule has 0 atom stereocenters. The zero-order valence-electron chi connectivity index (χ0n) is 15.9. The maximum absolute atomic E-state index is 12.4. The van der Waals surface area contributed by atoms with Crippen molar-refractivity contribution in [3.05, 3.63) is 59.7 Å². The van der Waals surface area contributed by atoms with Gasteiger partial charge in [-0.25, -0.2) is 21.6 Å². The average molecular weight is 439 g/mol. The molecule has 1 heterocycles. The van der Waals surface area contributed by atoms with E-state index in [9.17, 15) is 21.6 Å². The van der Waals surface area contributed by atoms with Crippen LogP contribution in [0.4, 0.5) is 0 Å². The molecule has 3 rings (SSSR count). The molecule has 0 spiro atoms. The third-order valence-electron chi connectivity index (χ3n) is 4.53. The van der Waals surface area contributed by atoms with Gasteiger partial charge in [-0.15, -0.1) is 0 Å². The number of carbonyl (C=O) groups excluding carboxylic acids is 1. The molecule has 0 radical (unpaired) electrons. The van der Waals surface area contributed by atoms with Crippen molar-refractivity contribution in [1.29, 1.82) is 0 Å². The molecule has 1 fully saturated rings. The highest BCUT2D eigenvalue weighted by molar-refractivity contribution is 7.90. The van der Waals surface area contributed by atoms with Crippen LogP contribution in [0.3, 0.4) is 0 Å². The highest BCUT2D eigenvalue weighted by Crippen LogP contribution is 2.15. The maximum Gasteiger partial charge on any atom is 0.254 e. The van der Waals surface area contributed by atoms with Crippen LogP contribution in [0.2, 0.25) is 0 Å². The summed E-state index contributed by atoms with van der Waals surface area (Å²) in [5.74, 6) is -0.0774. The van der Waals surface area contributed by atoms with Crippen molar-refractivity contribution in [2.45, 2.75) is 16.3 Å². The Morgan fingerprint density at radius 1 is 0.931 bits per heavy atom. The molecule has 0 saturated carbocycles. The van der Waals surface area contributed by atoms with Gasteiger partial charge in [0.05, 0.1) is 23.0 Å². The van der Waals surface area contributed by atoms with Crippen LogP contribution in [0.5, 0.6) is 0 Å². The predicted molar refractivity (Wildman–Crippen MR) is 107 cm³/mol. The minimum atomic E-state index is -3.80. The Morgan fingerprint density at radius 2 is 1.48 bits per heavy atom. The number of morpholine rings is 1. The second-order valence-corrected chi connectivity index (χ2v) is 10.5. The van der Waals surface area contributed by atoms with Crippen LogP contribution in [0.1, 0.15) is 15.9 Å². The number of carbonyl (C=O) groups is 1. The van der Waals surface area contributed by atoms with Crippen molar-refractivity contribution in [2.75, 3.05) is 32.6 Å². The van der Waals surface area contributed by atoms with Crippen LogP contribution >= 0.6 is 0 Å². The molecule has 0 aliphatic carbocycles. The fourth-order valence-corrected chi connectivity index (χ4v) is 4.49. The van der Waals surface area contributed by atoms with Gasteiger partial charge in [0.15, 0.2) is 9.84 Å². The number of sulfone groups is 1. The lowest BCUT2D eigenvalue weighted by Gasteiger charge is -2.26. The lowest BCUT2D eigenvalue weighted by molar-refractivity contribution is 0.0303. The molecule has 8 nitrogen and oxygen atoms in total. The van der Waals surface area contributed by atoms with Crippen LogP contribution in [-0.2, 0) is 31.1 Å². The summed E-state index contributed by atoms with van der Waals surface area (Å²) < 4.78 is 55.5. The second kappa shape index (κ2) is 8.62. The highest BCUT2D eigenvalue weighted by atomic mass is 32.2. The number of sulfonamides is 1. The van der Waals surface area contributed by atoms with E-state index in [1.54, 1.807) is 29.2 Å². The van der Waals surface area contributed by atoms with E-state index >= 15 is 0 Å². The van der Waals surface area contributed by atoms with E-state index in [4.69, 9.17) is 4.74 Å². The monoisotopic (exact) mass is 438 g/mol. The predicted octanol–water partition coefficient (Wildman–Crippen LogP) is 1.04. The first-order valence-electron chi connectivity index (χ1n) is 8.92. The third-order valence-corrected chi connectivity index (χ3v) is 7.07. The van der Waals surface area contributed by atoms with E-state index in [1.807, 2.05) is 0 Å². The van der Waals surface area contributed by atoms with Crippen LogP contribution in [0.25, 0.3) is 0 Å². The van der Waals surface area contributed by atoms with Crippen molar-refractivity contribution in [3.8, 4) is 0 Å². The van der Waals surface area contributed by atoms with Gasteiger partial charge in [0.25, 0.3) is 5.91 Å². The fraction of sp³-hybridized carbons (Fsp3) is 0.316. The van der Waals surface area contributed by atoms with E-state index in [-0.39, 0.29) is 22.2 Å². The summed E-state index contributed by atoms with van der Waals surface area (Å²) in [4.78, 5) is 14.2. The van der Waals surface area contributed by atoms with Gasteiger partial charge in [0.1, 0.15) is 0 Å². The molecule has 156 valence electrons. The standard InChI is InChI=1S/C19H22N2O6S2/c1-28(23,24)17-6-8-18(9-7-17)29(25,26)20-14-15-2-4-16(5-3-15)19(22)21-10-12-27-13-11-21/h2-9,20H,10-14H2,1H3. The first-order valence-corrected chi connectivity index (χ1v) is 12.3. The normalized spacial score (nSPS) is 15.3. The van der Waals surface area contributed by atoms with Crippen molar-refractivity contribution in [3.63, 3.8) is 0 Å². The van der Waals surface area contributed by atoms with Crippen molar-refractivity contribution in [1.82, 2.24) is 9.62 Å². The number of nitrogens with zero attached hydrogens (tertiary/aromatic N) is 1. The Morgan fingerprint density at radius 3 is 2.03 bits per heavy atom. The summed E-state index contributed by atoms with van der Waals surface area (Å²) in [5.41, 5.74) is 1.23. The topological polar surface area (TPSA) is 110 Å². The zero-order chi connectivity index (χ0) is 21.1. The smallest absolute Gasteiger partial charge is 0.254 e. The molecule has 1 saturated heterocycles. The highest BCUT2D eigenvalue weighted by Gasteiger charge is 2.19. The van der Waals surface area contributed by atoms with Gasteiger partial charge < -0.3 is 9.64 Å². The Hall–Kier alpha value is -2.27. The first-order chi connectivity index (χ1) is 13.7. The quantitative estimate of drug-likeness (QED) is 0.722. The molecule has 2 aromatic rings. The Labute approximate surface area is 170 Å². The molecular weight excluding hydrogens is 416 g/mol. The van der Waals surface area contributed by atoms with Crippen LogP contribution in [0.15, 0.2) is 58.3 Å². The maximum atomic E-state index is 12.4.